The van der Waals surface area contributed by atoms with Crippen LogP contribution in [-0.4, -0.2) is 22.0 Å². The number of hydrogen-bond acceptors (Lipinski definition) is 4. The fourth-order valence-electron chi connectivity index (χ4n) is 2.24. The Morgan fingerprint density at radius 3 is 2.83 bits per heavy atom. The molecule has 0 radical (unpaired) electrons. The Morgan fingerprint density at radius 2 is 2.04 bits per heavy atom. The van der Waals surface area contributed by atoms with E-state index in [-0.39, 0.29) is 24.4 Å². The molecule has 2 N–H and O–H groups in total. The number of carbonyl (C=O) groups is 2. The first-order valence-electron chi connectivity index (χ1n) is 7.15. The first-order chi connectivity index (χ1) is 11.5. The molecule has 0 saturated carbocycles. The summed E-state index contributed by atoms with van der Waals surface area (Å²) in [7, 11) is 0. The average Bonchev–Trinajstić information content (AvgIpc) is 2.94. The van der Waals surface area contributed by atoms with Gasteiger partial charge in [0.15, 0.2) is 0 Å². The predicted molar refractivity (Wildman–Crippen MR) is 96.3 cm³/mol. The van der Waals surface area contributed by atoms with Gasteiger partial charge in [-0.2, -0.15) is 0 Å². The van der Waals surface area contributed by atoms with Crippen LogP contribution in [0.15, 0.2) is 46.9 Å². The number of thiazole rings is 1. The van der Waals surface area contributed by atoms with Gasteiger partial charge in [0.2, 0.25) is 5.91 Å². The molecular formula is C17H13BrN2O3S. The van der Waals surface area contributed by atoms with Crippen molar-refractivity contribution in [2.45, 2.75) is 13.0 Å². The highest BCUT2D eigenvalue weighted by Gasteiger charge is 2.10. The van der Waals surface area contributed by atoms with Gasteiger partial charge in [0.25, 0.3) is 0 Å². The number of nitrogens with zero attached hydrogens (tertiary/aromatic N) is 1. The van der Waals surface area contributed by atoms with Crippen molar-refractivity contribution in [3.8, 4) is 0 Å². The van der Waals surface area contributed by atoms with Crippen LogP contribution in [0.1, 0.15) is 20.9 Å². The van der Waals surface area contributed by atoms with Crippen molar-refractivity contribution in [2.24, 2.45) is 0 Å². The number of nitrogens with one attached hydrogen (secondary N) is 1. The molecule has 2 aromatic carbocycles. The molecule has 0 aliphatic carbocycles. The molecule has 122 valence electrons. The van der Waals surface area contributed by atoms with Crippen LogP contribution in [0.5, 0.6) is 0 Å². The third kappa shape index (κ3) is 3.98. The molecule has 3 aromatic rings. The van der Waals surface area contributed by atoms with Crippen LogP contribution in [0.4, 0.5) is 0 Å². The smallest absolute Gasteiger partial charge is 0.335 e. The van der Waals surface area contributed by atoms with Crippen LogP contribution in [0.25, 0.3) is 10.2 Å². The minimum absolute atomic E-state index is 0.145. The van der Waals surface area contributed by atoms with E-state index in [1.165, 1.54) is 17.4 Å². The first-order valence-corrected chi connectivity index (χ1v) is 8.76. The number of carboxylic acid groups (broad SMARTS) is 1. The first kappa shape index (κ1) is 16.6. The lowest BCUT2D eigenvalue weighted by molar-refractivity contribution is -0.120. The van der Waals surface area contributed by atoms with E-state index in [4.69, 9.17) is 5.11 Å². The van der Waals surface area contributed by atoms with Crippen molar-refractivity contribution < 1.29 is 14.7 Å². The van der Waals surface area contributed by atoms with E-state index in [9.17, 15) is 9.59 Å². The topological polar surface area (TPSA) is 79.3 Å². The van der Waals surface area contributed by atoms with E-state index < -0.39 is 5.97 Å². The Hall–Kier alpha value is -2.25. The number of carbonyl (C=O) groups excluding carboxylic acids is 1. The summed E-state index contributed by atoms with van der Waals surface area (Å²) in [4.78, 5) is 27.5. The van der Waals surface area contributed by atoms with Crippen molar-refractivity contribution in [2.75, 3.05) is 0 Å². The van der Waals surface area contributed by atoms with Crippen LogP contribution in [0.2, 0.25) is 0 Å². The number of carboxylic acids is 1. The summed E-state index contributed by atoms with van der Waals surface area (Å²) in [6.45, 7) is 0.288. The number of fused-ring (bicyclic) bond motifs is 1. The lowest BCUT2D eigenvalue weighted by Gasteiger charge is -2.05. The minimum Gasteiger partial charge on any atom is -0.478 e. The van der Waals surface area contributed by atoms with E-state index in [1.807, 2.05) is 18.2 Å². The molecule has 0 fully saturated rings. The third-order valence-corrected chi connectivity index (χ3v) is 4.90. The Bertz CT molecular complexity index is 923. The standard InChI is InChI=1S/C17H13BrN2O3S/c18-12-4-5-14-13(7-12)20-16(24-14)8-15(21)19-9-10-2-1-3-11(6-10)17(22)23/h1-7H,8-9H2,(H,19,21)(H,22,23). The second-order valence-electron chi connectivity index (χ2n) is 5.18. The van der Waals surface area contributed by atoms with Gasteiger partial charge < -0.3 is 10.4 Å². The number of amides is 1. The van der Waals surface area contributed by atoms with E-state index in [0.29, 0.717) is 0 Å². The zero-order chi connectivity index (χ0) is 17.1. The number of halogens is 1. The zero-order valence-corrected chi connectivity index (χ0v) is 14.9. The molecule has 24 heavy (non-hydrogen) atoms. The van der Waals surface area contributed by atoms with Crippen LogP contribution in [0.3, 0.4) is 0 Å². The van der Waals surface area contributed by atoms with Crippen molar-refractivity contribution in [1.29, 1.82) is 0 Å². The second kappa shape index (κ2) is 7.11. The Kier molecular flexibility index (Phi) is 4.92. The molecule has 0 atom stereocenters. The van der Waals surface area contributed by atoms with Crippen molar-refractivity contribution in [3.05, 3.63) is 63.1 Å². The molecule has 1 amide bonds. The summed E-state index contributed by atoms with van der Waals surface area (Å²) in [5.41, 5.74) is 1.82. The van der Waals surface area contributed by atoms with Crippen LogP contribution in [0, 0.1) is 0 Å². The number of rotatable bonds is 5. The van der Waals surface area contributed by atoms with Crippen LogP contribution in [-0.2, 0) is 17.8 Å². The summed E-state index contributed by atoms with van der Waals surface area (Å²) in [5.74, 6) is -1.13. The molecule has 7 heteroatoms. The molecule has 5 nitrogen and oxygen atoms in total. The van der Waals surface area contributed by atoms with Crippen molar-refractivity contribution >= 4 is 49.4 Å². The summed E-state index contributed by atoms with van der Waals surface area (Å²) in [5, 5.41) is 12.5. The second-order valence-corrected chi connectivity index (χ2v) is 7.21. The average molecular weight is 405 g/mol. The Morgan fingerprint density at radius 1 is 1.21 bits per heavy atom. The van der Waals surface area contributed by atoms with Gasteiger partial charge in [-0.3, -0.25) is 4.79 Å². The quantitative estimate of drug-likeness (QED) is 0.680. The van der Waals surface area contributed by atoms with Gasteiger partial charge >= 0.3 is 5.97 Å². The van der Waals surface area contributed by atoms with E-state index in [0.717, 1.165) is 25.3 Å². The maximum absolute atomic E-state index is 12.1. The maximum atomic E-state index is 12.1. The molecule has 0 aliphatic heterocycles. The maximum Gasteiger partial charge on any atom is 0.335 e. The fourth-order valence-corrected chi connectivity index (χ4v) is 3.53. The largest absolute Gasteiger partial charge is 0.478 e. The summed E-state index contributed by atoms with van der Waals surface area (Å²) in [6.07, 6.45) is 0.204. The van der Waals surface area contributed by atoms with E-state index in [1.54, 1.807) is 18.2 Å². The van der Waals surface area contributed by atoms with Crippen molar-refractivity contribution in [1.82, 2.24) is 10.3 Å². The SMILES string of the molecule is O=C(Cc1nc2cc(Br)ccc2s1)NCc1cccc(C(=O)O)c1. The Labute approximate surface area is 150 Å². The molecule has 0 unspecified atom stereocenters. The molecule has 0 aliphatic rings. The number of hydrogen-bond donors (Lipinski definition) is 2. The highest BCUT2D eigenvalue weighted by Crippen LogP contribution is 2.25. The molecule has 1 aromatic heterocycles. The Balaban J connectivity index is 1.62. The molecule has 0 spiro atoms. The number of benzene rings is 2. The van der Waals surface area contributed by atoms with Crippen LogP contribution < -0.4 is 5.32 Å². The van der Waals surface area contributed by atoms with Crippen molar-refractivity contribution in [3.63, 3.8) is 0 Å². The van der Waals surface area contributed by atoms with Gasteiger partial charge in [-0.25, -0.2) is 9.78 Å². The summed E-state index contributed by atoms with van der Waals surface area (Å²) in [6, 6.07) is 12.4. The molecule has 0 saturated heterocycles. The van der Waals surface area contributed by atoms with Gasteiger partial charge in [-0.1, -0.05) is 28.1 Å². The number of aromatic carboxylic acids is 1. The highest BCUT2D eigenvalue weighted by atomic mass is 79.9. The summed E-state index contributed by atoms with van der Waals surface area (Å²) < 4.78 is 1.99. The molecule has 1 heterocycles. The van der Waals surface area contributed by atoms with Crippen LogP contribution >= 0.6 is 27.3 Å². The molecule has 0 bridgehead atoms. The molecular weight excluding hydrogens is 392 g/mol. The molecule has 3 rings (SSSR count). The lowest BCUT2D eigenvalue weighted by Crippen LogP contribution is -2.24. The third-order valence-electron chi connectivity index (χ3n) is 3.37. The number of aromatic nitrogens is 1. The van der Waals surface area contributed by atoms with Gasteiger partial charge in [-0.15, -0.1) is 11.3 Å². The van der Waals surface area contributed by atoms with Gasteiger partial charge in [0.1, 0.15) is 5.01 Å². The minimum atomic E-state index is -0.983. The van der Waals surface area contributed by atoms with E-state index >= 15 is 0 Å². The monoisotopic (exact) mass is 404 g/mol. The van der Waals surface area contributed by atoms with Gasteiger partial charge in [-0.05, 0) is 35.9 Å². The zero-order valence-electron chi connectivity index (χ0n) is 12.5. The highest BCUT2D eigenvalue weighted by molar-refractivity contribution is 9.10. The predicted octanol–water partition coefficient (Wildman–Crippen LogP) is 3.62. The van der Waals surface area contributed by atoms with E-state index in [2.05, 4.69) is 26.2 Å². The fraction of sp³-hybridized carbons (Fsp3) is 0.118. The van der Waals surface area contributed by atoms with Gasteiger partial charge in [0.05, 0.1) is 22.2 Å². The summed E-state index contributed by atoms with van der Waals surface area (Å²) >= 11 is 4.89. The lowest BCUT2D eigenvalue weighted by atomic mass is 10.1. The van der Waals surface area contributed by atoms with Gasteiger partial charge in [0, 0.05) is 11.0 Å². The normalized spacial score (nSPS) is 10.7.